The number of thioether (sulfide) groups is 1. The predicted octanol–water partition coefficient (Wildman–Crippen LogP) is 5.55. The summed E-state index contributed by atoms with van der Waals surface area (Å²) in [6.45, 7) is 9.10. The van der Waals surface area contributed by atoms with Crippen LogP contribution in [0.2, 0.25) is 0 Å². The summed E-state index contributed by atoms with van der Waals surface area (Å²) in [4.78, 5) is 5.28. The Kier molecular flexibility index (Phi) is 7.26. The highest BCUT2D eigenvalue weighted by atomic mass is 32.2. The van der Waals surface area contributed by atoms with Crippen LogP contribution in [0.5, 0.6) is 0 Å². The average Bonchev–Trinajstić information content (AvgIpc) is 3.47. The topological polar surface area (TPSA) is 64.4 Å². The smallest absolute Gasteiger partial charge is 0.243 e. The molecule has 0 saturated carbocycles. The summed E-state index contributed by atoms with van der Waals surface area (Å²) in [5, 5.41) is 0.914. The molecule has 3 heterocycles. The zero-order valence-corrected chi connectivity index (χ0v) is 22.5. The van der Waals surface area contributed by atoms with Gasteiger partial charge < -0.3 is 9.30 Å². The maximum absolute atomic E-state index is 13.4. The van der Waals surface area contributed by atoms with Gasteiger partial charge in [0.05, 0.1) is 28.6 Å². The van der Waals surface area contributed by atoms with E-state index in [0.717, 1.165) is 60.8 Å². The third-order valence-corrected chi connectivity index (χ3v) is 10.1. The van der Waals surface area contributed by atoms with Gasteiger partial charge in [-0.25, -0.2) is 13.4 Å². The van der Waals surface area contributed by atoms with Crippen molar-refractivity contribution in [2.45, 2.75) is 74.9 Å². The summed E-state index contributed by atoms with van der Waals surface area (Å²) < 4.78 is 36.6. The lowest BCUT2D eigenvalue weighted by molar-refractivity contribution is 0.0960. The Morgan fingerprint density at radius 3 is 2.74 bits per heavy atom. The standard InChI is InChI=1S/C27H35N3O3S2/c1-19-8-9-21(3)22(14-19)18-34-27-28-25-15-24(35(31,32)29-12-4-6-20(2)16-29)10-11-26(25)30(27)17-23-7-5-13-33-23/h8-11,14-15,20,23H,4-7,12-13,16-18H2,1-3H3/t20-,23+/m1/s1. The number of benzene rings is 2. The second kappa shape index (κ2) is 10.2. The molecule has 2 atom stereocenters. The minimum Gasteiger partial charge on any atom is -0.376 e. The van der Waals surface area contributed by atoms with Crippen molar-refractivity contribution in [2.75, 3.05) is 19.7 Å². The van der Waals surface area contributed by atoms with Gasteiger partial charge in [0.15, 0.2) is 5.16 Å². The van der Waals surface area contributed by atoms with Crippen LogP contribution in [-0.2, 0) is 27.1 Å². The predicted molar refractivity (Wildman–Crippen MR) is 141 cm³/mol. The number of aryl methyl sites for hydroxylation is 2. The largest absolute Gasteiger partial charge is 0.376 e. The van der Waals surface area contributed by atoms with Gasteiger partial charge in [-0.2, -0.15) is 4.31 Å². The monoisotopic (exact) mass is 513 g/mol. The zero-order chi connectivity index (χ0) is 24.6. The Labute approximate surface area is 213 Å². The van der Waals surface area contributed by atoms with Crippen molar-refractivity contribution in [1.82, 2.24) is 13.9 Å². The number of rotatable bonds is 7. The van der Waals surface area contributed by atoms with Crippen LogP contribution in [0, 0.1) is 19.8 Å². The average molecular weight is 514 g/mol. The summed E-state index contributed by atoms with van der Waals surface area (Å²) in [6, 6.07) is 12.0. The molecule has 5 rings (SSSR count). The Bertz CT molecular complexity index is 1310. The molecular weight excluding hydrogens is 478 g/mol. The molecule has 188 valence electrons. The van der Waals surface area contributed by atoms with E-state index in [1.165, 1.54) is 16.7 Å². The third kappa shape index (κ3) is 5.31. The van der Waals surface area contributed by atoms with Crippen LogP contribution in [0.3, 0.4) is 0 Å². The number of nitrogens with zero attached hydrogens (tertiary/aromatic N) is 3. The van der Waals surface area contributed by atoms with Crippen LogP contribution >= 0.6 is 11.8 Å². The molecule has 2 aliphatic heterocycles. The number of hydrogen-bond acceptors (Lipinski definition) is 5. The summed E-state index contributed by atoms with van der Waals surface area (Å²) in [7, 11) is -3.53. The summed E-state index contributed by atoms with van der Waals surface area (Å²) >= 11 is 1.71. The van der Waals surface area contributed by atoms with E-state index in [9.17, 15) is 8.42 Å². The number of aromatic nitrogens is 2. The molecule has 35 heavy (non-hydrogen) atoms. The Hall–Kier alpha value is -1.87. The second-order valence-corrected chi connectivity index (χ2v) is 13.0. The van der Waals surface area contributed by atoms with Gasteiger partial charge in [-0.1, -0.05) is 42.4 Å². The van der Waals surface area contributed by atoms with Gasteiger partial charge in [-0.15, -0.1) is 0 Å². The first kappa shape index (κ1) is 24.8. The maximum Gasteiger partial charge on any atom is 0.243 e. The van der Waals surface area contributed by atoms with Gasteiger partial charge in [0.1, 0.15) is 0 Å². The molecule has 2 saturated heterocycles. The number of sulfonamides is 1. The minimum atomic E-state index is -3.53. The Balaban J connectivity index is 1.48. The number of piperidine rings is 1. The molecule has 0 amide bonds. The summed E-state index contributed by atoms with van der Waals surface area (Å²) in [5.41, 5.74) is 5.52. The lowest BCUT2D eigenvalue weighted by Gasteiger charge is -2.30. The molecule has 2 fully saturated rings. The molecule has 0 bridgehead atoms. The first-order valence-corrected chi connectivity index (χ1v) is 15.0. The van der Waals surface area contributed by atoms with Crippen molar-refractivity contribution < 1.29 is 13.2 Å². The number of ether oxygens (including phenoxy) is 1. The molecule has 2 aromatic carbocycles. The van der Waals surface area contributed by atoms with Crippen LogP contribution in [0.25, 0.3) is 11.0 Å². The van der Waals surface area contributed by atoms with Crippen LogP contribution in [0.15, 0.2) is 46.5 Å². The van der Waals surface area contributed by atoms with Crippen molar-refractivity contribution in [2.24, 2.45) is 5.92 Å². The van der Waals surface area contributed by atoms with Gasteiger partial charge >= 0.3 is 0 Å². The maximum atomic E-state index is 13.4. The Morgan fingerprint density at radius 2 is 1.97 bits per heavy atom. The first-order chi connectivity index (χ1) is 16.8. The highest BCUT2D eigenvalue weighted by molar-refractivity contribution is 7.98. The number of imidazole rings is 1. The van der Waals surface area contributed by atoms with E-state index in [-0.39, 0.29) is 6.10 Å². The van der Waals surface area contributed by atoms with Gasteiger partial charge in [-0.3, -0.25) is 0 Å². The van der Waals surface area contributed by atoms with Gasteiger partial charge in [-0.05, 0) is 74.8 Å². The second-order valence-electron chi connectivity index (χ2n) is 10.1. The molecule has 0 N–H and O–H groups in total. The lowest BCUT2D eigenvalue weighted by atomic mass is 10.0. The minimum absolute atomic E-state index is 0.172. The van der Waals surface area contributed by atoms with Gasteiger partial charge in [0.25, 0.3) is 0 Å². The molecule has 0 spiro atoms. The number of fused-ring (bicyclic) bond motifs is 1. The van der Waals surface area contributed by atoms with Crippen molar-refractivity contribution in [3.63, 3.8) is 0 Å². The van der Waals surface area contributed by atoms with Gasteiger partial charge in [0, 0.05) is 25.4 Å². The third-order valence-electron chi connectivity index (χ3n) is 7.21. The van der Waals surface area contributed by atoms with Gasteiger partial charge in [0.2, 0.25) is 10.0 Å². The molecule has 0 radical (unpaired) electrons. The van der Waals surface area contributed by atoms with Crippen molar-refractivity contribution >= 4 is 32.8 Å². The van der Waals surface area contributed by atoms with E-state index in [1.807, 2.05) is 6.07 Å². The molecule has 3 aromatic rings. The SMILES string of the molecule is Cc1ccc(C)c(CSc2nc3cc(S(=O)(=O)N4CCC[C@@H](C)C4)ccc3n2C[C@@H]2CCCO2)c1. The van der Waals surface area contributed by atoms with Crippen LogP contribution in [0.1, 0.15) is 49.3 Å². The van der Waals surface area contributed by atoms with E-state index >= 15 is 0 Å². The fraction of sp³-hybridized carbons (Fsp3) is 0.519. The molecule has 6 nitrogen and oxygen atoms in total. The van der Waals surface area contributed by atoms with Crippen molar-refractivity contribution in [3.05, 3.63) is 53.1 Å². The van der Waals surface area contributed by atoms with E-state index in [0.29, 0.717) is 23.9 Å². The van der Waals surface area contributed by atoms with Crippen molar-refractivity contribution in [1.29, 1.82) is 0 Å². The molecule has 8 heteroatoms. The quantitative estimate of drug-likeness (QED) is 0.388. The van der Waals surface area contributed by atoms with Crippen LogP contribution in [-0.4, -0.2) is 48.1 Å². The van der Waals surface area contributed by atoms with Crippen LogP contribution in [0.4, 0.5) is 0 Å². The molecule has 0 unspecified atom stereocenters. The molecule has 1 aromatic heterocycles. The van der Waals surface area contributed by atoms with E-state index in [2.05, 4.69) is 43.5 Å². The lowest BCUT2D eigenvalue weighted by Crippen LogP contribution is -2.39. The normalized spacial score (nSPS) is 21.7. The fourth-order valence-corrected chi connectivity index (χ4v) is 7.84. The molecule has 0 aliphatic carbocycles. The molecule has 2 aliphatic rings. The highest BCUT2D eigenvalue weighted by Crippen LogP contribution is 2.32. The van der Waals surface area contributed by atoms with Crippen LogP contribution < -0.4 is 0 Å². The summed E-state index contributed by atoms with van der Waals surface area (Å²) in [5.74, 6) is 1.21. The summed E-state index contributed by atoms with van der Waals surface area (Å²) in [6.07, 6.45) is 4.29. The van der Waals surface area contributed by atoms with E-state index in [1.54, 1.807) is 28.2 Å². The van der Waals surface area contributed by atoms with E-state index in [4.69, 9.17) is 9.72 Å². The Morgan fingerprint density at radius 1 is 1.11 bits per heavy atom. The first-order valence-electron chi connectivity index (χ1n) is 12.6. The van der Waals surface area contributed by atoms with E-state index < -0.39 is 10.0 Å². The fourth-order valence-electron chi connectivity index (χ4n) is 5.14. The number of hydrogen-bond donors (Lipinski definition) is 0. The highest BCUT2D eigenvalue weighted by Gasteiger charge is 2.29. The molecular formula is C27H35N3O3S2. The van der Waals surface area contributed by atoms with Crippen molar-refractivity contribution in [3.8, 4) is 0 Å². The zero-order valence-electron chi connectivity index (χ0n) is 20.9.